The number of β-amino-alcohol motifs (C(OH)–C–C–N with tert-alkyl or cyclic N) is 1. The highest BCUT2D eigenvalue weighted by Gasteiger charge is 2.34. The number of fused-ring (bicyclic) bond motifs is 1. The summed E-state index contributed by atoms with van der Waals surface area (Å²) in [4.78, 5) is 5.27. The highest BCUT2D eigenvalue weighted by Crippen LogP contribution is 2.33. The fourth-order valence-corrected chi connectivity index (χ4v) is 3.87. The van der Waals surface area contributed by atoms with Gasteiger partial charge in [0.25, 0.3) is 0 Å². The van der Waals surface area contributed by atoms with Crippen LogP contribution in [0.2, 0.25) is 0 Å². The fraction of sp³-hybridized carbons (Fsp3) is 0.364. The molecule has 0 unspecified atom stereocenters. The number of halogens is 1. The van der Waals surface area contributed by atoms with Crippen LogP contribution in [0.25, 0.3) is 10.9 Å². The molecule has 6 heteroatoms. The highest BCUT2D eigenvalue weighted by atomic mass is 19.1. The Morgan fingerprint density at radius 3 is 2.61 bits per heavy atom. The molecule has 1 fully saturated rings. The number of likely N-dealkylation sites (tertiary alicyclic amines) is 1. The van der Waals surface area contributed by atoms with Crippen molar-refractivity contribution in [2.45, 2.75) is 24.5 Å². The average Bonchev–Trinajstić information content (AvgIpc) is 3.18. The number of piperidine rings is 1. The monoisotopic (exact) mass is 384 g/mol. The predicted molar refractivity (Wildman–Crippen MR) is 106 cm³/mol. The van der Waals surface area contributed by atoms with Gasteiger partial charge in [-0.2, -0.15) is 0 Å². The van der Waals surface area contributed by atoms with Crippen molar-refractivity contribution in [2.75, 3.05) is 26.2 Å². The fourth-order valence-electron chi connectivity index (χ4n) is 3.87. The third kappa shape index (κ3) is 4.04. The van der Waals surface area contributed by atoms with E-state index in [-0.39, 0.29) is 12.4 Å². The highest BCUT2D eigenvalue weighted by molar-refractivity contribution is 5.85. The van der Waals surface area contributed by atoms with E-state index in [1.165, 1.54) is 12.1 Å². The molecule has 3 N–H and O–H groups in total. The van der Waals surface area contributed by atoms with E-state index in [0.717, 1.165) is 22.2 Å². The first kappa shape index (κ1) is 18.9. The van der Waals surface area contributed by atoms with Crippen molar-refractivity contribution in [3.05, 3.63) is 66.1 Å². The molecule has 0 radical (unpaired) electrons. The SMILES string of the molecule is O[C@H](COc1cccc2[nH]ccc12)CN1CCC(O)(c2ccc(F)cc2)CC1. The van der Waals surface area contributed by atoms with Crippen LogP contribution in [0.15, 0.2) is 54.7 Å². The zero-order valence-corrected chi connectivity index (χ0v) is 15.6. The van der Waals surface area contributed by atoms with Gasteiger partial charge in [-0.15, -0.1) is 0 Å². The van der Waals surface area contributed by atoms with Gasteiger partial charge in [0.2, 0.25) is 0 Å². The van der Waals surface area contributed by atoms with Gasteiger partial charge in [-0.1, -0.05) is 18.2 Å². The maximum absolute atomic E-state index is 13.1. The predicted octanol–water partition coefficient (Wildman–Crippen LogP) is 3.03. The van der Waals surface area contributed by atoms with Crippen LogP contribution < -0.4 is 4.74 Å². The number of aliphatic hydroxyl groups excluding tert-OH is 1. The largest absolute Gasteiger partial charge is 0.490 e. The Bertz CT molecular complexity index is 917. The second-order valence-electron chi connectivity index (χ2n) is 7.50. The molecule has 0 aliphatic carbocycles. The van der Waals surface area contributed by atoms with Crippen molar-refractivity contribution < 1.29 is 19.3 Å². The molecule has 1 atom stereocenters. The molecule has 1 aromatic heterocycles. The second-order valence-corrected chi connectivity index (χ2v) is 7.50. The number of nitrogens with zero attached hydrogens (tertiary/aromatic N) is 1. The van der Waals surface area contributed by atoms with Gasteiger partial charge < -0.3 is 24.8 Å². The Morgan fingerprint density at radius 2 is 1.86 bits per heavy atom. The number of ether oxygens (including phenoxy) is 1. The maximum Gasteiger partial charge on any atom is 0.128 e. The standard InChI is InChI=1S/C22H25FN2O3/c23-17-6-4-16(5-7-17)22(27)9-12-25(13-10-22)14-18(26)15-28-21-3-1-2-20-19(21)8-11-24-20/h1-8,11,18,24,26-27H,9-10,12-15H2/t18-/m0/s1. The van der Waals surface area contributed by atoms with Gasteiger partial charge in [-0.05, 0) is 48.7 Å². The minimum atomic E-state index is -0.935. The Labute approximate surface area is 163 Å². The number of benzene rings is 2. The van der Waals surface area contributed by atoms with Gasteiger partial charge in [0.05, 0.1) is 5.60 Å². The summed E-state index contributed by atoms with van der Waals surface area (Å²) >= 11 is 0. The van der Waals surface area contributed by atoms with Gasteiger partial charge in [-0.25, -0.2) is 4.39 Å². The van der Waals surface area contributed by atoms with Gasteiger partial charge in [0.15, 0.2) is 0 Å². The van der Waals surface area contributed by atoms with Crippen LogP contribution in [0.3, 0.4) is 0 Å². The van der Waals surface area contributed by atoms with Crippen molar-refractivity contribution >= 4 is 10.9 Å². The first-order chi connectivity index (χ1) is 13.5. The zero-order valence-electron chi connectivity index (χ0n) is 15.6. The van der Waals surface area contributed by atoms with Crippen LogP contribution >= 0.6 is 0 Å². The summed E-state index contributed by atoms with van der Waals surface area (Å²) in [6, 6.07) is 13.8. The lowest BCUT2D eigenvalue weighted by Gasteiger charge is -2.39. The van der Waals surface area contributed by atoms with E-state index in [4.69, 9.17) is 4.74 Å². The van der Waals surface area contributed by atoms with E-state index in [0.29, 0.717) is 32.5 Å². The van der Waals surface area contributed by atoms with E-state index in [1.807, 2.05) is 30.5 Å². The summed E-state index contributed by atoms with van der Waals surface area (Å²) in [6.45, 7) is 2.03. The molecule has 2 aromatic carbocycles. The number of aromatic nitrogens is 1. The Kier molecular flexibility index (Phi) is 5.35. The summed E-state index contributed by atoms with van der Waals surface area (Å²) in [5.41, 5.74) is 0.815. The molecule has 148 valence electrons. The van der Waals surface area contributed by atoms with Gasteiger partial charge in [0.1, 0.15) is 24.3 Å². The van der Waals surface area contributed by atoms with Crippen molar-refractivity contribution in [3.63, 3.8) is 0 Å². The van der Waals surface area contributed by atoms with Crippen molar-refractivity contribution in [2.24, 2.45) is 0 Å². The summed E-state index contributed by atoms with van der Waals surface area (Å²) in [5, 5.41) is 22.3. The third-order valence-electron chi connectivity index (χ3n) is 5.52. The smallest absolute Gasteiger partial charge is 0.128 e. The number of hydrogen-bond donors (Lipinski definition) is 3. The van der Waals surface area contributed by atoms with Crippen molar-refractivity contribution in [1.82, 2.24) is 9.88 Å². The molecular formula is C22H25FN2O3. The van der Waals surface area contributed by atoms with Crippen LogP contribution in [0.5, 0.6) is 5.75 Å². The normalized spacial score (nSPS) is 18.2. The van der Waals surface area contributed by atoms with Crippen LogP contribution in [-0.2, 0) is 5.60 Å². The first-order valence-corrected chi connectivity index (χ1v) is 9.61. The number of nitrogens with one attached hydrogen (secondary N) is 1. The number of hydrogen-bond acceptors (Lipinski definition) is 4. The Balaban J connectivity index is 1.28. The molecule has 1 aliphatic rings. The van der Waals surface area contributed by atoms with Crippen LogP contribution in [-0.4, -0.2) is 52.4 Å². The minimum Gasteiger partial charge on any atom is -0.490 e. The van der Waals surface area contributed by atoms with Gasteiger partial charge in [-0.3, -0.25) is 0 Å². The van der Waals surface area contributed by atoms with E-state index < -0.39 is 11.7 Å². The molecule has 0 amide bonds. The second kappa shape index (κ2) is 7.91. The number of aromatic amines is 1. The lowest BCUT2D eigenvalue weighted by atomic mass is 9.84. The Hall–Kier alpha value is -2.41. The van der Waals surface area contributed by atoms with Gasteiger partial charge in [0, 0.05) is 36.7 Å². The molecule has 3 aromatic rings. The number of H-pyrrole nitrogens is 1. The Morgan fingerprint density at radius 1 is 1.11 bits per heavy atom. The topological polar surface area (TPSA) is 68.7 Å². The molecule has 0 saturated carbocycles. The minimum absolute atomic E-state index is 0.211. The molecule has 1 saturated heterocycles. The summed E-state index contributed by atoms with van der Waals surface area (Å²) in [5.74, 6) is 0.449. The van der Waals surface area contributed by atoms with E-state index in [2.05, 4.69) is 9.88 Å². The quantitative estimate of drug-likeness (QED) is 0.611. The molecule has 1 aliphatic heterocycles. The van der Waals surface area contributed by atoms with Crippen molar-refractivity contribution in [3.8, 4) is 5.75 Å². The number of rotatable bonds is 6. The maximum atomic E-state index is 13.1. The zero-order chi connectivity index (χ0) is 19.6. The molecule has 4 rings (SSSR count). The van der Waals surface area contributed by atoms with Crippen LogP contribution in [0.1, 0.15) is 18.4 Å². The summed E-state index contributed by atoms with van der Waals surface area (Å²) in [6.07, 6.45) is 2.35. The molecule has 28 heavy (non-hydrogen) atoms. The summed E-state index contributed by atoms with van der Waals surface area (Å²) in [7, 11) is 0. The average molecular weight is 384 g/mol. The molecule has 0 spiro atoms. The van der Waals surface area contributed by atoms with E-state index in [1.54, 1.807) is 12.1 Å². The first-order valence-electron chi connectivity index (χ1n) is 9.61. The lowest BCUT2D eigenvalue weighted by Crippen LogP contribution is -2.46. The van der Waals surface area contributed by atoms with Crippen molar-refractivity contribution in [1.29, 1.82) is 0 Å². The number of aliphatic hydroxyl groups is 2. The van der Waals surface area contributed by atoms with Crippen LogP contribution in [0.4, 0.5) is 4.39 Å². The molecule has 5 nitrogen and oxygen atoms in total. The lowest BCUT2D eigenvalue weighted by molar-refractivity contribution is -0.0372. The van der Waals surface area contributed by atoms with Crippen LogP contribution in [0, 0.1) is 5.82 Å². The molecule has 2 heterocycles. The summed E-state index contributed by atoms with van der Waals surface area (Å²) < 4.78 is 18.9. The third-order valence-corrected chi connectivity index (χ3v) is 5.52. The van der Waals surface area contributed by atoms with Gasteiger partial charge >= 0.3 is 0 Å². The van der Waals surface area contributed by atoms with E-state index in [9.17, 15) is 14.6 Å². The molecule has 0 bridgehead atoms. The molecular weight excluding hydrogens is 359 g/mol. The van der Waals surface area contributed by atoms with E-state index >= 15 is 0 Å².